The molecule has 0 amide bonds. The summed E-state index contributed by atoms with van der Waals surface area (Å²) in [4.78, 5) is 0. The first kappa shape index (κ1) is 21.7. The van der Waals surface area contributed by atoms with Crippen LogP contribution in [0.25, 0.3) is 0 Å². The van der Waals surface area contributed by atoms with Crippen LogP contribution in [-0.2, 0) is 0 Å². The number of hydrogen-bond donors (Lipinski definition) is 0. The Kier molecular flexibility index (Phi) is 5.71. The molecule has 1 aromatic carbocycles. The molecule has 1 nitrogen and oxygen atoms in total. The summed E-state index contributed by atoms with van der Waals surface area (Å²) in [6.07, 6.45) is 2.58. The van der Waals surface area contributed by atoms with E-state index >= 15 is 8.78 Å². The number of allylic oxidation sites excluding steroid dienone is 8. The lowest BCUT2D eigenvalue weighted by molar-refractivity contribution is 0.257. The van der Waals surface area contributed by atoms with E-state index in [1.165, 1.54) is 0 Å². The summed E-state index contributed by atoms with van der Waals surface area (Å²) in [5, 5.41) is 0. The van der Waals surface area contributed by atoms with Gasteiger partial charge in [-0.15, -0.1) is 0 Å². The Hall–Kier alpha value is -2.05. The zero-order chi connectivity index (χ0) is 21.6. The number of hydrogen-bond acceptors (Lipinski definition) is 1. The lowest BCUT2D eigenvalue weighted by Gasteiger charge is -2.38. The van der Waals surface area contributed by atoms with Crippen LogP contribution in [-0.4, -0.2) is 30.3 Å². The van der Waals surface area contributed by atoms with E-state index in [1.807, 2.05) is 0 Å². The second-order valence-corrected chi connectivity index (χ2v) is 10.2. The van der Waals surface area contributed by atoms with E-state index in [0.717, 1.165) is 31.4 Å². The Balaban J connectivity index is 2.32. The van der Waals surface area contributed by atoms with E-state index in [1.54, 1.807) is 0 Å². The van der Waals surface area contributed by atoms with E-state index in [2.05, 4.69) is 4.74 Å². The van der Waals surface area contributed by atoms with Gasteiger partial charge in [-0.25, -0.2) is 17.6 Å². The highest BCUT2D eigenvalue weighted by Gasteiger charge is 2.61. The summed E-state index contributed by atoms with van der Waals surface area (Å²) in [6.45, 7) is 0. The fraction of sp³-hybridized carbons (Fsp3) is 0.263. The van der Waals surface area contributed by atoms with Gasteiger partial charge in [-0.1, -0.05) is 24.3 Å². The summed E-state index contributed by atoms with van der Waals surface area (Å²) in [5.74, 6) is -11.6. The molecule has 0 saturated heterocycles. The Morgan fingerprint density at radius 3 is 1.52 bits per heavy atom. The third-order valence-electron chi connectivity index (χ3n) is 4.89. The maximum Gasteiger partial charge on any atom is 0.433 e. The van der Waals surface area contributed by atoms with Gasteiger partial charge in [-0.3, -0.25) is 8.78 Å². The lowest BCUT2D eigenvalue weighted by Crippen LogP contribution is -2.64. The van der Waals surface area contributed by atoms with Gasteiger partial charge in [0.1, 0.15) is 11.7 Å². The van der Waals surface area contributed by atoms with Crippen molar-refractivity contribution in [1.82, 2.24) is 0 Å². The van der Waals surface area contributed by atoms with Crippen LogP contribution in [0.5, 0.6) is 5.75 Å². The first-order valence-corrected chi connectivity index (χ1v) is 10.1. The molecular formula is C19H13AlF8O. The molecule has 2 atom stereocenters. The zero-order valence-electron chi connectivity index (χ0n) is 14.9. The minimum Gasteiger partial charge on any atom is -0.491 e. The Labute approximate surface area is 165 Å². The van der Waals surface area contributed by atoms with Crippen molar-refractivity contribution in [2.75, 3.05) is 7.11 Å². The summed E-state index contributed by atoms with van der Waals surface area (Å²) in [7, 11) is 0.746. The van der Waals surface area contributed by atoms with Crippen LogP contribution in [0.3, 0.4) is 0 Å². The zero-order valence-corrected chi connectivity index (χ0v) is 16.0. The highest BCUT2D eigenvalue weighted by molar-refractivity contribution is 6.79. The molecule has 2 aliphatic rings. The van der Waals surface area contributed by atoms with E-state index < -0.39 is 81.1 Å². The smallest absolute Gasteiger partial charge is 0.433 e. The summed E-state index contributed by atoms with van der Waals surface area (Å²) < 4.78 is 114. The van der Waals surface area contributed by atoms with Crippen LogP contribution in [0.15, 0.2) is 48.1 Å². The minimum absolute atomic E-state index is 0.678. The molecule has 0 bridgehead atoms. The van der Waals surface area contributed by atoms with Gasteiger partial charge in [-0.05, 0) is 16.6 Å². The van der Waals surface area contributed by atoms with E-state index in [-0.39, 0.29) is 0 Å². The van der Waals surface area contributed by atoms with Crippen molar-refractivity contribution in [1.29, 1.82) is 0 Å². The van der Waals surface area contributed by atoms with Gasteiger partial charge in [0.25, 0.3) is 0 Å². The molecule has 0 N–H and O–H groups in total. The van der Waals surface area contributed by atoms with Crippen molar-refractivity contribution < 1.29 is 39.9 Å². The predicted molar refractivity (Wildman–Crippen MR) is 91.8 cm³/mol. The molecule has 29 heavy (non-hydrogen) atoms. The Morgan fingerprint density at radius 1 is 0.759 bits per heavy atom. The number of alkyl halides is 2. The van der Waals surface area contributed by atoms with E-state index in [4.69, 9.17) is 0 Å². The van der Waals surface area contributed by atoms with Crippen molar-refractivity contribution >= 4 is 18.6 Å². The van der Waals surface area contributed by atoms with Crippen molar-refractivity contribution in [3.63, 3.8) is 0 Å². The number of methoxy groups -OCH3 is 1. The van der Waals surface area contributed by atoms with Gasteiger partial charge in [0.2, 0.25) is 11.6 Å². The summed E-state index contributed by atoms with van der Waals surface area (Å²) in [6, 6.07) is 0. The van der Waals surface area contributed by atoms with Crippen molar-refractivity contribution in [3.8, 4) is 5.75 Å². The van der Waals surface area contributed by atoms with Crippen LogP contribution in [0.1, 0.15) is 12.8 Å². The topological polar surface area (TPSA) is 9.23 Å². The molecule has 0 heterocycles. The third-order valence-corrected chi connectivity index (χ3v) is 8.69. The fourth-order valence-electron chi connectivity index (χ4n) is 3.71. The molecule has 0 spiro atoms. The first-order valence-electron chi connectivity index (χ1n) is 8.39. The lowest BCUT2D eigenvalue weighted by atomic mass is 10.1. The van der Waals surface area contributed by atoms with Crippen molar-refractivity contribution in [2.24, 2.45) is 0 Å². The first-order chi connectivity index (χ1) is 13.5. The van der Waals surface area contributed by atoms with E-state index in [9.17, 15) is 26.3 Å². The molecule has 1 aromatic rings. The molecule has 3 rings (SSSR count). The largest absolute Gasteiger partial charge is 0.491 e. The SMILES string of the molecule is COc1c(F)c(F)[c]([Al]([C]2(F)C=CC=C(F)C2)[C]2(F)C=CC=C(F)C2)c(F)c1F. The minimum atomic E-state index is -4.58. The van der Waals surface area contributed by atoms with Crippen LogP contribution in [0, 0.1) is 23.3 Å². The summed E-state index contributed by atoms with van der Waals surface area (Å²) >= 11 is -4.58. The second kappa shape index (κ2) is 7.65. The van der Waals surface area contributed by atoms with Crippen molar-refractivity contribution in [2.45, 2.75) is 21.9 Å². The molecule has 0 aromatic heterocycles. The molecule has 0 aliphatic heterocycles. The fourth-order valence-corrected chi connectivity index (χ4v) is 7.64. The Bertz CT molecular complexity index is 898. The number of halogens is 8. The molecule has 0 saturated carbocycles. The molecule has 2 aliphatic carbocycles. The van der Waals surface area contributed by atoms with Gasteiger partial charge >= 0.3 is 14.1 Å². The maximum absolute atomic E-state index is 15.8. The molecule has 154 valence electrons. The average Bonchev–Trinajstić information content (AvgIpc) is 2.63. The van der Waals surface area contributed by atoms with E-state index in [0.29, 0.717) is 12.2 Å². The average molecular weight is 436 g/mol. The highest BCUT2D eigenvalue weighted by atomic mass is 27.2. The monoisotopic (exact) mass is 436 g/mol. The van der Waals surface area contributed by atoms with Crippen LogP contribution >= 0.6 is 0 Å². The predicted octanol–water partition coefficient (Wildman–Crippen LogP) is 5.08. The van der Waals surface area contributed by atoms with Gasteiger partial charge in [0.15, 0.2) is 17.4 Å². The molecule has 10 heteroatoms. The number of ether oxygens (including phenoxy) is 1. The number of rotatable bonds is 4. The van der Waals surface area contributed by atoms with Gasteiger partial charge in [0.05, 0.1) is 16.2 Å². The van der Waals surface area contributed by atoms with Gasteiger partial charge in [-0.2, -0.15) is 8.78 Å². The quantitative estimate of drug-likeness (QED) is 0.364. The highest BCUT2D eigenvalue weighted by Crippen LogP contribution is 2.42. The van der Waals surface area contributed by atoms with Crippen LogP contribution in [0.2, 0.25) is 0 Å². The van der Waals surface area contributed by atoms with Crippen molar-refractivity contribution in [3.05, 3.63) is 71.4 Å². The van der Waals surface area contributed by atoms with Gasteiger partial charge in [0, 0.05) is 12.8 Å². The molecule has 0 fully saturated rings. The standard InChI is InChI=1S/C7H3F4O.2C6H5F2.Al/c1-12-7-5(10)3(8)2-4(9)6(7)11;2*7-5-2-1-3-6(8)4-5;/h1H3;2*1-3H,4H2;. The molecule has 0 radical (unpaired) electrons. The summed E-state index contributed by atoms with van der Waals surface area (Å²) in [5.41, 5.74) is 0. The van der Waals surface area contributed by atoms with Crippen LogP contribution < -0.4 is 9.16 Å². The number of benzene rings is 1. The Morgan fingerprint density at radius 2 is 1.17 bits per heavy atom. The van der Waals surface area contributed by atoms with Crippen LogP contribution in [0.4, 0.5) is 35.1 Å². The normalized spacial score (nSPS) is 26.2. The second-order valence-electron chi connectivity index (χ2n) is 6.79. The molecular weight excluding hydrogens is 423 g/mol. The third kappa shape index (κ3) is 3.64. The maximum atomic E-state index is 15.8. The van der Waals surface area contributed by atoms with Gasteiger partial charge < -0.3 is 4.74 Å². The molecule has 2 unspecified atom stereocenters.